The summed E-state index contributed by atoms with van der Waals surface area (Å²) in [5.41, 5.74) is 3.82. The molecule has 1 aliphatic rings. The smallest absolute Gasteiger partial charge is 0.142 e. The molecule has 1 aliphatic carbocycles. The molecule has 4 heteroatoms. The molecule has 0 aliphatic heterocycles. The summed E-state index contributed by atoms with van der Waals surface area (Å²) in [6.07, 6.45) is 2.21. The molecule has 0 radical (unpaired) electrons. The third kappa shape index (κ3) is 2.59. The molecular formula is C16H15Br2NO. The fraction of sp³-hybridized carbons (Fsp3) is 0.250. The monoisotopic (exact) mass is 395 g/mol. The molecule has 0 saturated heterocycles. The van der Waals surface area contributed by atoms with Gasteiger partial charge in [0.25, 0.3) is 0 Å². The van der Waals surface area contributed by atoms with E-state index >= 15 is 0 Å². The summed E-state index contributed by atoms with van der Waals surface area (Å²) in [6, 6.07) is 12.8. The van der Waals surface area contributed by atoms with E-state index in [1.165, 1.54) is 15.6 Å². The molecule has 0 spiro atoms. The maximum Gasteiger partial charge on any atom is 0.142 e. The highest BCUT2D eigenvalue weighted by Gasteiger charge is 2.24. The molecule has 2 aromatic carbocycles. The molecular weight excluding hydrogens is 382 g/mol. The molecule has 20 heavy (non-hydrogen) atoms. The molecule has 104 valence electrons. The Morgan fingerprint density at radius 1 is 1.20 bits per heavy atom. The second-order valence-electron chi connectivity index (χ2n) is 4.89. The molecule has 1 unspecified atom stereocenters. The highest BCUT2D eigenvalue weighted by Crippen LogP contribution is 2.39. The maximum atomic E-state index is 5.43. The van der Waals surface area contributed by atoms with E-state index in [9.17, 15) is 0 Å². The van der Waals surface area contributed by atoms with Crippen molar-refractivity contribution in [3.63, 3.8) is 0 Å². The molecule has 1 N–H and O–H groups in total. The Bertz CT molecular complexity index is 642. The zero-order valence-corrected chi connectivity index (χ0v) is 14.3. The molecule has 1 atom stereocenters. The largest absolute Gasteiger partial charge is 0.495 e. The van der Waals surface area contributed by atoms with E-state index in [2.05, 4.69) is 61.4 Å². The third-order valence-corrected chi connectivity index (χ3v) is 4.94. The molecule has 3 rings (SSSR count). The lowest BCUT2D eigenvalue weighted by molar-refractivity contribution is 0.416. The highest BCUT2D eigenvalue weighted by molar-refractivity contribution is 9.10. The van der Waals surface area contributed by atoms with Crippen LogP contribution in [0.4, 0.5) is 5.69 Å². The van der Waals surface area contributed by atoms with Crippen LogP contribution in [0.2, 0.25) is 0 Å². The number of hydrogen-bond acceptors (Lipinski definition) is 2. The van der Waals surface area contributed by atoms with Gasteiger partial charge in [-0.1, -0.05) is 44.0 Å². The second kappa shape index (κ2) is 5.78. The van der Waals surface area contributed by atoms with E-state index < -0.39 is 0 Å². The van der Waals surface area contributed by atoms with E-state index in [4.69, 9.17) is 4.74 Å². The molecule has 0 fully saturated rings. The van der Waals surface area contributed by atoms with E-state index in [-0.39, 0.29) is 0 Å². The third-order valence-electron chi connectivity index (χ3n) is 3.70. The van der Waals surface area contributed by atoms with Crippen LogP contribution in [0.15, 0.2) is 45.3 Å². The molecule has 0 amide bonds. The quantitative estimate of drug-likeness (QED) is 0.757. The standard InChI is InChI=1S/C16H15Br2NO/c1-20-16-8-5-10(17)9-15(16)19-14-7-6-11-12(14)3-2-4-13(11)18/h2-5,8-9,14,19H,6-7H2,1H3. The number of methoxy groups -OCH3 is 1. The Morgan fingerprint density at radius 2 is 2.05 bits per heavy atom. The predicted molar refractivity (Wildman–Crippen MR) is 89.5 cm³/mol. The van der Waals surface area contributed by atoms with Crippen molar-refractivity contribution < 1.29 is 4.74 Å². The lowest BCUT2D eigenvalue weighted by Gasteiger charge is -2.18. The Balaban J connectivity index is 1.91. The van der Waals surface area contributed by atoms with Crippen LogP contribution < -0.4 is 10.1 Å². The van der Waals surface area contributed by atoms with Crippen LogP contribution in [-0.2, 0) is 6.42 Å². The Kier molecular flexibility index (Phi) is 4.03. The second-order valence-corrected chi connectivity index (χ2v) is 6.66. The van der Waals surface area contributed by atoms with Gasteiger partial charge in [0.2, 0.25) is 0 Å². The van der Waals surface area contributed by atoms with Gasteiger partial charge in [-0.3, -0.25) is 0 Å². The molecule has 2 aromatic rings. The summed E-state index contributed by atoms with van der Waals surface area (Å²) in [7, 11) is 1.70. The van der Waals surface area contributed by atoms with Gasteiger partial charge in [0, 0.05) is 8.95 Å². The van der Waals surface area contributed by atoms with Crippen molar-refractivity contribution in [3.05, 3.63) is 56.5 Å². The number of benzene rings is 2. The summed E-state index contributed by atoms with van der Waals surface area (Å²) in [6.45, 7) is 0. The van der Waals surface area contributed by atoms with E-state index in [1.807, 2.05) is 12.1 Å². The molecule has 0 heterocycles. The SMILES string of the molecule is COc1ccc(Br)cc1NC1CCc2c(Br)cccc21. The van der Waals surface area contributed by atoms with Gasteiger partial charge in [-0.25, -0.2) is 0 Å². The topological polar surface area (TPSA) is 21.3 Å². The van der Waals surface area contributed by atoms with Gasteiger partial charge in [-0.05, 0) is 48.2 Å². The number of ether oxygens (including phenoxy) is 1. The minimum atomic E-state index is 0.339. The summed E-state index contributed by atoms with van der Waals surface area (Å²) in [4.78, 5) is 0. The number of hydrogen-bond donors (Lipinski definition) is 1. The zero-order chi connectivity index (χ0) is 14.1. The fourth-order valence-corrected chi connectivity index (χ4v) is 3.68. The number of halogens is 2. The average Bonchev–Trinajstić information content (AvgIpc) is 2.84. The van der Waals surface area contributed by atoms with Gasteiger partial charge in [0.15, 0.2) is 0 Å². The first-order valence-corrected chi connectivity index (χ1v) is 8.15. The highest BCUT2D eigenvalue weighted by atomic mass is 79.9. The van der Waals surface area contributed by atoms with Gasteiger partial charge < -0.3 is 10.1 Å². The van der Waals surface area contributed by atoms with Crippen LogP contribution in [0, 0.1) is 0 Å². The summed E-state index contributed by atoms with van der Waals surface area (Å²) < 4.78 is 7.69. The van der Waals surface area contributed by atoms with Crippen LogP contribution in [0.5, 0.6) is 5.75 Å². The van der Waals surface area contributed by atoms with Crippen molar-refractivity contribution >= 4 is 37.5 Å². The Labute approximate surface area is 135 Å². The van der Waals surface area contributed by atoms with E-state index in [0.29, 0.717) is 6.04 Å². The molecule has 0 saturated carbocycles. The number of nitrogens with one attached hydrogen (secondary N) is 1. The number of fused-ring (bicyclic) bond motifs is 1. The average molecular weight is 397 g/mol. The van der Waals surface area contributed by atoms with Crippen molar-refractivity contribution in [1.82, 2.24) is 0 Å². The Hall–Kier alpha value is -1.00. The number of rotatable bonds is 3. The first kappa shape index (κ1) is 14.0. The van der Waals surface area contributed by atoms with Gasteiger partial charge in [0.05, 0.1) is 18.8 Å². The minimum Gasteiger partial charge on any atom is -0.495 e. The molecule has 0 aromatic heterocycles. The van der Waals surface area contributed by atoms with Crippen molar-refractivity contribution in [1.29, 1.82) is 0 Å². The summed E-state index contributed by atoms with van der Waals surface area (Å²) in [5, 5.41) is 3.61. The normalized spacial score (nSPS) is 16.9. The fourth-order valence-electron chi connectivity index (χ4n) is 2.74. The molecule has 2 nitrogen and oxygen atoms in total. The van der Waals surface area contributed by atoms with Gasteiger partial charge in [-0.2, -0.15) is 0 Å². The van der Waals surface area contributed by atoms with Crippen molar-refractivity contribution in [3.8, 4) is 5.75 Å². The lowest BCUT2D eigenvalue weighted by Crippen LogP contribution is -2.08. The lowest BCUT2D eigenvalue weighted by atomic mass is 10.1. The van der Waals surface area contributed by atoms with Gasteiger partial charge in [0.1, 0.15) is 5.75 Å². The summed E-state index contributed by atoms with van der Waals surface area (Å²) >= 11 is 7.16. The van der Waals surface area contributed by atoms with Crippen molar-refractivity contribution in [2.45, 2.75) is 18.9 Å². The first-order valence-electron chi connectivity index (χ1n) is 6.56. The van der Waals surface area contributed by atoms with Crippen molar-refractivity contribution in [2.75, 3.05) is 12.4 Å². The Morgan fingerprint density at radius 3 is 2.85 bits per heavy atom. The van der Waals surface area contributed by atoms with Crippen LogP contribution in [0.1, 0.15) is 23.6 Å². The summed E-state index contributed by atoms with van der Waals surface area (Å²) in [5.74, 6) is 0.872. The van der Waals surface area contributed by atoms with Crippen LogP contribution in [0.25, 0.3) is 0 Å². The maximum absolute atomic E-state index is 5.43. The van der Waals surface area contributed by atoms with Gasteiger partial charge >= 0.3 is 0 Å². The van der Waals surface area contributed by atoms with Crippen molar-refractivity contribution in [2.24, 2.45) is 0 Å². The minimum absolute atomic E-state index is 0.339. The van der Waals surface area contributed by atoms with Crippen LogP contribution in [-0.4, -0.2) is 7.11 Å². The van der Waals surface area contributed by atoms with Gasteiger partial charge in [-0.15, -0.1) is 0 Å². The first-order chi connectivity index (χ1) is 9.69. The predicted octanol–water partition coefficient (Wildman–Crippen LogP) is 5.32. The van der Waals surface area contributed by atoms with E-state index in [0.717, 1.165) is 28.8 Å². The van der Waals surface area contributed by atoms with Crippen LogP contribution in [0.3, 0.4) is 0 Å². The molecule has 0 bridgehead atoms. The zero-order valence-electron chi connectivity index (χ0n) is 11.1. The van der Waals surface area contributed by atoms with E-state index in [1.54, 1.807) is 7.11 Å². The van der Waals surface area contributed by atoms with Crippen LogP contribution >= 0.6 is 31.9 Å². The number of anilines is 1.